The topological polar surface area (TPSA) is 93.7 Å². The van der Waals surface area contributed by atoms with Gasteiger partial charge >= 0.3 is 5.97 Å². The van der Waals surface area contributed by atoms with E-state index in [2.05, 4.69) is 10.6 Å². The van der Waals surface area contributed by atoms with Gasteiger partial charge in [0.25, 0.3) is 5.91 Å². The van der Waals surface area contributed by atoms with Crippen LogP contribution in [0.15, 0.2) is 48.5 Å². The van der Waals surface area contributed by atoms with Crippen molar-refractivity contribution in [2.24, 2.45) is 0 Å². The predicted molar refractivity (Wildman–Crippen MR) is 110 cm³/mol. The molecule has 2 N–H and O–H groups in total. The lowest BCUT2D eigenvalue weighted by Crippen LogP contribution is -2.36. The molecule has 7 nitrogen and oxygen atoms in total. The molecular formula is C22H25FN2O5. The molecule has 0 aromatic heterocycles. The van der Waals surface area contributed by atoms with Crippen LogP contribution in [0.1, 0.15) is 26.3 Å². The Kier molecular flexibility index (Phi) is 7.91. The van der Waals surface area contributed by atoms with Gasteiger partial charge in [0, 0.05) is 5.69 Å². The third-order valence-corrected chi connectivity index (χ3v) is 3.98. The number of rotatable bonds is 8. The minimum Gasteiger partial charge on any atom is -0.482 e. The number of nitrogens with one attached hydrogen (secondary N) is 2. The van der Waals surface area contributed by atoms with Crippen LogP contribution in [0.2, 0.25) is 0 Å². The van der Waals surface area contributed by atoms with E-state index in [-0.39, 0.29) is 18.6 Å². The summed E-state index contributed by atoms with van der Waals surface area (Å²) in [6.45, 7) is 4.90. The van der Waals surface area contributed by atoms with Gasteiger partial charge in [0.2, 0.25) is 5.91 Å². The minimum atomic E-state index is -0.704. The maximum atomic E-state index is 12.8. The molecule has 8 heteroatoms. The van der Waals surface area contributed by atoms with Crippen molar-refractivity contribution in [1.29, 1.82) is 0 Å². The first-order chi connectivity index (χ1) is 14.1. The highest BCUT2D eigenvalue weighted by molar-refractivity contribution is 5.94. The molecule has 0 atom stereocenters. The largest absolute Gasteiger partial charge is 0.482 e. The average molecular weight is 416 g/mol. The van der Waals surface area contributed by atoms with Crippen molar-refractivity contribution in [2.45, 2.75) is 26.2 Å². The van der Waals surface area contributed by atoms with Crippen LogP contribution in [0.4, 0.5) is 10.1 Å². The van der Waals surface area contributed by atoms with E-state index in [9.17, 15) is 18.8 Å². The summed E-state index contributed by atoms with van der Waals surface area (Å²) in [4.78, 5) is 35.4. The molecule has 0 aliphatic heterocycles. The quantitative estimate of drug-likeness (QED) is 0.646. The van der Waals surface area contributed by atoms with Crippen molar-refractivity contribution in [3.05, 3.63) is 59.9 Å². The summed E-state index contributed by atoms with van der Waals surface area (Å²) in [6, 6.07) is 12.6. The summed E-state index contributed by atoms with van der Waals surface area (Å²) in [5, 5.41) is 4.83. The Morgan fingerprint density at radius 1 is 0.933 bits per heavy atom. The highest BCUT2D eigenvalue weighted by Gasteiger charge is 2.19. The van der Waals surface area contributed by atoms with Crippen molar-refractivity contribution >= 4 is 23.5 Å². The predicted octanol–water partition coefficient (Wildman–Crippen LogP) is 2.80. The zero-order valence-electron chi connectivity index (χ0n) is 17.2. The van der Waals surface area contributed by atoms with E-state index in [1.807, 2.05) is 32.9 Å². The third kappa shape index (κ3) is 7.54. The van der Waals surface area contributed by atoms with Gasteiger partial charge < -0.3 is 20.1 Å². The number of hydrogen-bond acceptors (Lipinski definition) is 5. The van der Waals surface area contributed by atoms with Crippen LogP contribution in [-0.4, -0.2) is 37.5 Å². The van der Waals surface area contributed by atoms with Gasteiger partial charge in [-0.05, 0) is 41.3 Å². The fourth-order valence-corrected chi connectivity index (χ4v) is 2.50. The number of carbonyl (C=O) groups is 3. The molecule has 2 amide bonds. The second-order valence-corrected chi connectivity index (χ2v) is 7.53. The zero-order valence-corrected chi connectivity index (χ0v) is 17.2. The Hall–Kier alpha value is -3.42. The average Bonchev–Trinajstić information content (AvgIpc) is 2.70. The van der Waals surface area contributed by atoms with Crippen molar-refractivity contribution in [3.8, 4) is 5.75 Å². The van der Waals surface area contributed by atoms with Crippen LogP contribution in [-0.2, 0) is 24.5 Å². The summed E-state index contributed by atoms with van der Waals surface area (Å²) < 4.78 is 23.2. The molecule has 0 heterocycles. The lowest BCUT2D eigenvalue weighted by Gasteiger charge is -2.22. The Labute approximate surface area is 174 Å². The number of carbonyl (C=O) groups excluding carboxylic acids is 3. The van der Waals surface area contributed by atoms with Crippen LogP contribution >= 0.6 is 0 Å². The van der Waals surface area contributed by atoms with Crippen molar-refractivity contribution in [2.75, 3.05) is 25.1 Å². The Morgan fingerprint density at radius 2 is 1.60 bits per heavy atom. The van der Waals surface area contributed by atoms with Gasteiger partial charge in [-0.15, -0.1) is 0 Å². The number of halogens is 1. The second-order valence-electron chi connectivity index (χ2n) is 7.53. The smallest absolute Gasteiger partial charge is 0.344 e. The number of ether oxygens (including phenoxy) is 2. The molecule has 160 valence electrons. The molecule has 0 spiro atoms. The van der Waals surface area contributed by atoms with Gasteiger partial charge in [-0.2, -0.15) is 0 Å². The first-order valence-corrected chi connectivity index (χ1v) is 9.35. The summed E-state index contributed by atoms with van der Waals surface area (Å²) in [5.41, 5.74) is 1.19. The molecule has 0 radical (unpaired) electrons. The maximum absolute atomic E-state index is 12.8. The van der Waals surface area contributed by atoms with Crippen molar-refractivity contribution in [3.63, 3.8) is 0 Å². The molecule has 2 aromatic rings. The maximum Gasteiger partial charge on any atom is 0.344 e. The van der Waals surface area contributed by atoms with Crippen LogP contribution in [0, 0.1) is 5.82 Å². The van der Waals surface area contributed by atoms with Crippen molar-refractivity contribution in [1.82, 2.24) is 5.32 Å². The Bertz CT molecular complexity index is 891. The molecule has 0 bridgehead atoms. The fourth-order valence-electron chi connectivity index (χ4n) is 2.50. The highest BCUT2D eigenvalue weighted by Crippen LogP contribution is 2.30. The lowest BCUT2D eigenvalue weighted by molar-refractivity contribution is -0.150. The van der Waals surface area contributed by atoms with Gasteiger partial charge in [0.1, 0.15) is 11.6 Å². The van der Waals surface area contributed by atoms with Gasteiger partial charge in [0.15, 0.2) is 13.2 Å². The molecule has 0 saturated carbocycles. The third-order valence-electron chi connectivity index (χ3n) is 3.98. The Balaban J connectivity index is 1.70. The van der Waals surface area contributed by atoms with Gasteiger partial charge in [-0.3, -0.25) is 9.59 Å². The van der Waals surface area contributed by atoms with E-state index >= 15 is 0 Å². The monoisotopic (exact) mass is 416 g/mol. The fraction of sp³-hybridized carbons (Fsp3) is 0.318. The second kappa shape index (κ2) is 10.4. The summed E-state index contributed by atoms with van der Waals surface area (Å²) >= 11 is 0. The van der Waals surface area contributed by atoms with E-state index in [0.29, 0.717) is 11.4 Å². The number of esters is 1. The Morgan fingerprint density at radius 3 is 2.27 bits per heavy atom. The standard InChI is InChI=1S/C22H25FN2O5/c1-22(2,3)17-6-4-5-7-18(17)29-14-21(28)30-13-20(27)24-12-19(26)25-16-10-8-15(23)9-11-16/h4-11H,12-14H2,1-3H3,(H,24,27)(H,25,26). The van der Waals surface area contributed by atoms with Crippen LogP contribution in [0.25, 0.3) is 0 Å². The van der Waals surface area contributed by atoms with Crippen molar-refractivity contribution < 1.29 is 28.2 Å². The van der Waals surface area contributed by atoms with Crippen LogP contribution in [0.3, 0.4) is 0 Å². The molecule has 0 saturated heterocycles. The van der Waals surface area contributed by atoms with E-state index in [0.717, 1.165) is 5.56 Å². The first-order valence-electron chi connectivity index (χ1n) is 9.35. The molecule has 2 aromatic carbocycles. The van der Waals surface area contributed by atoms with Gasteiger partial charge in [-0.25, -0.2) is 9.18 Å². The molecule has 0 aliphatic rings. The molecular weight excluding hydrogens is 391 g/mol. The summed E-state index contributed by atoms with van der Waals surface area (Å²) in [5.74, 6) is -1.68. The number of benzene rings is 2. The SMILES string of the molecule is CC(C)(C)c1ccccc1OCC(=O)OCC(=O)NCC(=O)Nc1ccc(F)cc1. The normalized spacial score (nSPS) is 10.8. The van der Waals surface area contributed by atoms with E-state index in [1.165, 1.54) is 24.3 Å². The van der Waals surface area contributed by atoms with Gasteiger partial charge in [-0.1, -0.05) is 39.0 Å². The van der Waals surface area contributed by atoms with Gasteiger partial charge in [0.05, 0.1) is 6.54 Å². The van der Waals surface area contributed by atoms with E-state index < -0.39 is 30.2 Å². The summed E-state index contributed by atoms with van der Waals surface area (Å²) in [6.07, 6.45) is 0. The van der Waals surface area contributed by atoms with Crippen LogP contribution < -0.4 is 15.4 Å². The molecule has 30 heavy (non-hydrogen) atoms. The highest BCUT2D eigenvalue weighted by atomic mass is 19.1. The molecule has 0 fully saturated rings. The van der Waals surface area contributed by atoms with E-state index in [1.54, 1.807) is 12.1 Å². The minimum absolute atomic E-state index is 0.158. The van der Waals surface area contributed by atoms with E-state index in [4.69, 9.17) is 9.47 Å². The number of amides is 2. The number of para-hydroxylation sites is 1. The first kappa shape index (κ1) is 22.9. The summed E-state index contributed by atoms with van der Waals surface area (Å²) in [7, 11) is 0. The zero-order chi connectivity index (χ0) is 22.1. The number of hydrogen-bond donors (Lipinski definition) is 2. The number of anilines is 1. The lowest BCUT2D eigenvalue weighted by atomic mass is 9.86. The molecule has 0 aliphatic carbocycles. The molecule has 2 rings (SSSR count). The van der Waals surface area contributed by atoms with Crippen LogP contribution in [0.5, 0.6) is 5.75 Å². The molecule has 0 unspecified atom stereocenters.